The van der Waals surface area contributed by atoms with Crippen LogP contribution in [0.15, 0.2) is 0 Å². The summed E-state index contributed by atoms with van der Waals surface area (Å²) in [6, 6.07) is 0. The van der Waals surface area contributed by atoms with Crippen LogP contribution in [0, 0.1) is 0 Å². The van der Waals surface area contributed by atoms with Crippen LogP contribution in [0.1, 0.15) is 0 Å². The molecule has 0 aromatic heterocycles. The van der Waals surface area contributed by atoms with E-state index < -0.39 is 14.4 Å². The van der Waals surface area contributed by atoms with Gasteiger partial charge in [0.2, 0.25) is 0 Å². The van der Waals surface area contributed by atoms with Gasteiger partial charge in [0.1, 0.15) is 0 Å². The van der Waals surface area contributed by atoms with E-state index in [0.29, 0.717) is 79.3 Å². The van der Waals surface area contributed by atoms with E-state index in [0.717, 1.165) is 0 Å². The van der Waals surface area contributed by atoms with Crippen molar-refractivity contribution in [2.75, 3.05) is 134 Å². The Morgan fingerprint density at radius 1 is 0.324 bits per heavy atom. The molecule has 0 saturated carbocycles. The zero-order valence-electron chi connectivity index (χ0n) is 21.8. The first-order chi connectivity index (χ1) is 16.2. The van der Waals surface area contributed by atoms with Crippen molar-refractivity contribution in [3.8, 4) is 0 Å². The Bertz CT molecular complexity index is 318. The molecule has 0 heterocycles. The molecule has 0 saturated heterocycles. The summed E-state index contributed by atoms with van der Waals surface area (Å²) in [5.74, 6) is 0. The van der Waals surface area contributed by atoms with Crippen LogP contribution in [-0.4, -0.2) is 149 Å². The maximum absolute atomic E-state index is 5.99. The van der Waals surface area contributed by atoms with Gasteiger partial charge in [-0.25, -0.2) is 0 Å². The summed E-state index contributed by atoms with van der Waals surface area (Å²) in [5.41, 5.74) is 0. The standard InChI is InChI=1S/4C5H11O3.Al.Li/c4*1-7-4-5-8-3-2-6;;/h4*2-5H2,1H3;;/q4*-1;+3;+1. The van der Waals surface area contributed by atoms with Gasteiger partial charge in [-0.1, -0.05) is 0 Å². The van der Waals surface area contributed by atoms with E-state index in [1.165, 1.54) is 0 Å². The molecule has 0 unspecified atom stereocenters. The molecule has 0 radical (unpaired) electrons. The minimum atomic E-state index is -3.87. The molecule has 0 atom stereocenters. The predicted octanol–water partition coefficient (Wildman–Crippen LogP) is -2.86. The molecule has 200 valence electrons. The second-order valence-corrected chi connectivity index (χ2v) is 8.97. The molecule has 0 aromatic carbocycles. The van der Waals surface area contributed by atoms with Crippen LogP contribution >= 0.6 is 0 Å². The fourth-order valence-corrected chi connectivity index (χ4v) is 4.39. The van der Waals surface area contributed by atoms with Crippen LogP contribution in [0.5, 0.6) is 0 Å². The maximum Gasteiger partial charge on any atom is 1.00 e. The average molecular weight is 510 g/mol. The van der Waals surface area contributed by atoms with Crippen molar-refractivity contribution in [1.82, 2.24) is 0 Å². The van der Waals surface area contributed by atoms with E-state index in [4.69, 9.17) is 53.0 Å². The summed E-state index contributed by atoms with van der Waals surface area (Å²) in [7, 11) is 6.47. The van der Waals surface area contributed by atoms with Gasteiger partial charge in [0.05, 0.1) is 79.3 Å². The van der Waals surface area contributed by atoms with Crippen LogP contribution in [0.25, 0.3) is 0 Å². The number of rotatable bonds is 28. The van der Waals surface area contributed by atoms with Crippen LogP contribution in [0.3, 0.4) is 0 Å². The van der Waals surface area contributed by atoms with Gasteiger partial charge in [-0.3, -0.25) is 0 Å². The molecule has 0 aliphatic heterocycles. The monoisotopic (exact) mass is 510 g/mol. The van der Waals surface area contributed by atoms with Gasteiger partial charge in [-0.2, -0.15) is 0 Å². The fraction of sp³-hybridized carbons (Fsp3) is 1.00. The van der Waals surface area contributed by atoms with Crippen molar-refractivity contribution in [3.05, 3.63) is 0 Å². The SMILES string of the molecule is COCCOCC[O][Al-]([O]CCOCCOC)([O]CCOCCOC)[O]CCOCCOC.[Li+]. The smallest absolute Gasteiger partial charge is 0.585 e. The second kappa shape index (κ2) is 29.9. The third-order valence-electron chi connectivity index (χ3n) is 3.93. The Hall–Kier alpha value is 0.650. The summed E-state index contributed by atoms with van der Waals surface area (Å²) < 4.78 is 65.7. The first-order valence-corrected chi connectivity index (χ1v) is 13.1. The zero-order chi connectivity index (χ0) is 24.3. The van der Waals surface area contributed by atoms with E-state index in [9.17, 15) is 0 Å². The van der Waals surface area contributed by atoms with E-state index in [2.05, 4.69) is 0 Å². The second-order valence-electron chi connectivity index (χ2n) is 6.48. The van der Waals surface area contributed by atoms with E-state index >= 15 is 0 Å². The van der Waals surface area contributed by atoms with Gasteiger partial charge >= 0.3 is 33.3 Å². The molecule has 0 aliphatic carbocycles. The predicted molar refractivity (Wildman–Crippen MR) is 120 cm³/mol. The molecule has 0 aromatic rings. The molecule has 0 spiro atoms. The summed E-state index contributed by atoms with van der Waals surface area (Å²) in [5, 5.41) is 0. The molecule has 0 fully saturated rings. The van der Waals surface area contributed by atoms with Gasteiger partial charge in [0, 0.05) is 54.9 Å². The first-order valence-electron chi connectivity index (χ1n) is 11.2. The van der Waals surface area contributed by atoms with Crippen LogP contribution in [0.4, 0.5) is 0 Å². The minimum absolute atomic E-state index is 0. The molecule has 34 heavy (non-hydrogen) atoms. The quantitative estimate of drug-likeness (QED) is 0.0798. The topological polar surface area (TPSA) is 111 Å². The Kier molecular flexibility index (Phi) is 32.3. The van der Waals surface area contributed by atoms with Gasteiger partial charge in [-0.15, -0.1) is 0 Å². The summed E-state index contributed by atoms with van der Waals surface area (Å²) in [6.07, 6.45) is 0. The summed E-state index contributed by atoms with van der Waals surface area (Å²) in [4.78, 5) is 0. The number of methoxy groups -OCH3 is 4. The van der Waals surface area contributed by atoms with Crippen molar-refractivity contribution in [1.29, 1.82) is 0 Å². The minimum Gasteiger partial charge on any atom is -0.585 e. The summed E-state index contributed by atoms with van der Waals surface area (Å²) >= 11 is -3.87. The van der Waals surface area contributed by atoms with Gasteiger partial charge in [0.25, 0.3) is 0 Å². The van der Waals surface area contributed by atoms with Crippen LogP contribution in [0.2, 0.25) is 0 Å². The Morgan fingerprint density at radius 2 is 0.529 bits per heavy atom. The van der Waals surface area contributed by atoms with Crippen molar-refractivity contribution in [2.45, 2.75) is 0 Å². The largest absolute Gasteiger partial charge is 1.00 e. The fourth-order valence-electron chi connectivity index (χ4n) is 2.27. The molecule has 14 heteroatoms. The van der Waals surface area contributed by atoms with Crippen LogP contribution in [-0.2, 0) is 53.0 Å². The van der Waals surface area contributed by atoms with Crippen molar-refractivity contribution in [2.24, 2.45) is 0 Å². The van der Waals surface area contributed by atoms with Gasteiger partial charge in [0.15, 0.2) is 0 Å². The summed E-state index contributed by atoms with van der Waals surface area (Å²) in [6.45, 7) is 6.25. The molecule has 0 rings (SSSR count). The Balaban J connectivity index is 0. The van der Waals surface area contributed by atoms with Crippen LogP contribution < -0.4 is 18.9 Å². The van der Waals surface area contributed by atoms with Gasteiger partial charge in [-0.05, 0) is 0 Å². The Labute approximate surface area is 220 Å². The van der Waals surface area contributed by atoms with E-state index in [-0.39, 0.29) is 45.3 Å². The van der Waals surface area contributed by atoms with Crippen molar-refractivity contribution < 1.29 is 71.9 Å². The molecule has 12 nitrogen and oxygen atoms in total. The normalized spacial score (nSPS) is 11.6. The molecular formula is C20H44AlLiO12. The van der Waals surface area contributed by atoms with E-state index in [1.54, 1.807) is 28.4 Å². The molecule has 0 N–H and O–H groups in total. The molecule has 0 bridgehead atoms. The van der Waals surface area contributed by atoms with Crippen molar-refractivity contribution >= 4 is 14.4 Å². The Morgan fingerprint density at radius 3 is 0.735 bits per heavy atom. The number of hydrogen-bond acceptors (Lipinski definition) is 12. The molecule has 0 amide bonds. The number of hydrogen-bond donors (Lipinski definition) is 0. The number of ether oxygens (including phenoxy) is 8. The first kappa shape index (κ1) is 36.8. The average Bonchev–Trinajstić information content (AvgIpc) is 2.83. The van der Waals surface area contributed by atoms with E-state index in [1.807, 2.05) is 0 Å². The van der Waals surface area contributed by atoms with Crippen molar-refractivity contribution in [3.63, 3.8) is 0 Å². The van der Waals surface area contributed by atoms with Gasteiger partial charge < -0.3 is 53.0 Å². The molecule has 0 aliphatic rings. The zero-order valence-corrected chi connectivity index (χ0v) is 22.9. The maximum atomic E-state index is 5.99. The third kappa shape index (κ3) is 24.3. The third-order valence-corrected chi connectivity index (χ3v) is 6.50. The molecular weight excluding hydrogens is 466 g/mol.